The average Bonchev–Trinajstić information content (AvgIpc) is 2.58. The lowest BCUT2D eigenvalue weighted by Crippen LogP contribution is -2.42. The molecule has 0 unspecified atom stereocenters. The Bertz CT molecular complexity index is 874. The van der Waals surface area contributed by atoms with E-state index in [4.69, 9.17) is 0 Å². The number of rotatable bonds is 3. The third kappa shape index (κ3) is 3.44. The molecule has 0 aromatic heterocycles. The van der Waals surface area contributed by atoms with E-state index in [1.165, 1.54) is 11.1 Å². The molecule has 0 amide bonds. The monoisotopic (exact) mass is 350 g/mol. The molecule has 0 radical (unpaired) electrons. The Morgan fingerprint density at radius 2 is 1.77 bits per heavy atom. The molecule has 0 atom stereocenters. The molecule has 0 saturated carbocycles. The molecule has 3 rings (SSSR count). The van der Waals surface area contributed by atoms with Crippen molar-refractivity contribution in [2.45, 2.75) is 46.1 Å². The zero-order valence-electron chi connectivity index (χ0n) is 16.5. The van der Waals surface area contributed by atoms with Gasteiger partial charge in [0.2, 0.25) is 0 Å². The van der Waals surface area contributed by atoms with E-state index in [1.54, 1.807) is 12.3 Å². The van der Waals surface area contributed by atoms with Crippen molar-refractivity contribution in [3.63, 3.8) is 0 Å². The molecule has 0 spiro atoms. The van der Waals surface area contributed by atoms with Crippen LogP contribution in [0.15, 0.2) is 47.5 Å². The van der Waals surface area contributed by atoms with Crippen LogP contribution in [0.2, 0.25) is 0 Å². The van der Waals surface area contributed by atoms with E-state index in [2.05, 4.69) is 62.7 Å². The summed E-state index contributed by atoms with van der Waals surface area (Å²) in [6.45, 7) is 10.7. The summed E-state index contributed by atoms with van der Waals surface area (Å²) < 4.78 is 14.7. The van der Waals surface area contributed by atoms with Gasteiger partial charge in [-0.05, 0) is 62.1 Å². The Labute approximate surface area is 156 Å². The quantitative estimate of drug-likeness (QED) is 0.590. The second-order valence-electron chi connectivity index (χ2n) is 7.94. The zero-order valence-corrected chi connectivity index (χ0v) is 16.5. The predicted octanol–water partition coefficient (Wildman–Crippen LogP) is 6.33. The van der Waals surface area contributed by atoms with E-state index in [0.29, 0.717) is 11.5 Å². The van der Waals surface area contributed by atoms with Gasteiger partial charge in [-0.15, -0.1) is 0 Å². The van der Waals surface area contributed by atoms with Crippen LogP contribution >= 0.6 is 0 Å². The Hall–Kier alpha value is -2.42. The number of halogens is 1. The molecule has 136 valence electrons. The van der Waals surface area contributed by atoms with Crippen molar-refractivity contribution in [2.75, 3.05) is 11.9 Å². The molecule has 0 aliphatic carbocycles. The standard InChI is InChI=1S/C23H27FN2/c1-15(2)17-7-9-19(10-8-17)25-14-18-11-20-16(3)13-23(4,5)26(6)22(20)12-21(18)24/h7-15H,1-6H3. The van der Waals surface area contributed by atoms with Gasteiger partial charge in [0, 0.05) is 30.1 Å². The highest BCUT2D eigenvalue weighted by Crippen LogP contribution is 2.38. The number of benzene rings is 2. The van der Waals surface area contributed by atoms with Crippen molar-refractivity contribution in [3.8, 4) is 0 Å². The second-order valence-corrected chi connectivity index (χ2v) is 7.94. The third-order valence-electron chi connectivity index (χ3n) is 5.25. The first-order valence-corrected chi connectivity index (χ1v) is 9.10. The number of aliphatic imine (C=N–C) groups is 1. The van der Waals surface area contributed by atoms with Crippen molar-refractivity contribution in [1.82, 2.24) is 0 Å². The molecule has 2 aromatic rings. The first kappa shape index (κ1) is 18.4. The summed E-state index contributed by atoms with van der Waals surface area (Å²) in [6, 6.07) is 11.6. The summed E-state index contributed by atoms with van der Waals surface area (Å²) in [6.07, 6.45) is 3.84. The van der Waals surface area contributed by atoms with Crippen LogP contribution in [0.5, 0.6) is 0 Å². The molecule has 2 aromatic carbocycles. The molecule has 2 nitrogen and oxygen atoms in total. The van der Waals surface area contributed by atoms with Gasteiger partial charge in [-0.2, -0.15) is 0 Å². The summed E-state index contributed by atoms with van der Waals surface area (Å²) in [7, 11) is 2.01. The van der Waals surface area contributed by atoms with E-state index in [0.717, 1.165) is 16.9 Å². The first-order chi connectivity index (χ1) is 12.2. The van der Waals surface area contributed by atoms with Crippen LogP contribution in [0.3, 0.4) is 0 Å². The fourth-order valence-electron chi connectivity index (χ4n) is 3.38. The number of hydrogen-bond acceptors (Lipinski definition) is 2. The minimum atomic E-state index is -0.247. The van der Waals surface area contributed by atoms with Crippen LogP contribution in [-0.4, -0.2) is 18.8 Å². The molecule has 1 aliphatic heterocycles. The van der Waals surface area contributed by atoms with Crippen molar-refractivity contribution >= 4 is 23.2 Å². The van der Waals surface area contributed by atoms with E-state index >= 15 is 0 Å². The van der Waals surface area contributed by atoms with E-state index in [1.807, 2.05) is 25.2 Å². The van der Waals surface area contributed by atoms with E-state index in [-0.39, 0.29) is 11.4 Å². The predicted molar refractivity (Wildman–Crippen MR) is 110 cm³/mol. The fourth-order valence-corrected chi connectivity index (χ4v) is 3.38. The highest BCUT2D eigenvalue weighted by atomic mass is 19.1. The summed E-state index contributed by atoms with van der Waals surface area (Å²) in [4.78, 5) is 6.58. The minimum absolute atomic E-state index is 0.128. The summed E-state index contributed by atoms with van der Waals surface area (Å²) in [5.74, 6) is 0.241. The van der Waals surface area contributed by atoms with Crippen molar-refractivity contribution < 1.29 is 4.39 Å². The SMILES string of the molecule is CC1=CC(C)(C)N(C)c2cc(F)c(C=Nc3ccc(C(C)C)cc3)cc21. The molecule has 3 heteroatoms. The molecule has 0 N–H and O–H groups in total. The van der Waals surface area contributed by atoms with Gasteiger partial charge in [-0.3, -0.25) is 4.99 Å². The smallest absolute Gasteiger partial charge is 0.134 e. The highest BCUT2D eigenvalue weighted by Gasteiger charge is 2.29. The molecular weight excluding hydrogens is 323 g/mol. The van der Waals surface area contributed by atoms with Gasteiger partial charge in [0.25, 0.3) is 0 Å². The summed E-state index contributed by atoms with van der Waals surface area (Å²) in [5.41, 5.74) is 5.64. The van der Waals surface area contributed by atoms with Gasteiger partial charge in [0.05, 0.1) is 11.2 Å². The topological polar surface area (TPSA) is 15.6 Å². The van der Waals surface area contributed by atoms with Crippen LogP contribution in [0.25, 0.3) is 5.57 Å². The summed E-state index contributed by atoms with van der Waals surface area (Å²) in [5, 5.41) is 0. The largest absolute Gasteiger partial charge is 0.365 e. The minimum Gasteiger partial charge on any atom is -0.365 e. The molecular formula is C23H27FN2. The molecule has 1 aliphatic rings. The Kier molecular flexibility index (Phi) is 4.74. The van der Waals surface area contributed by atoms with Crippen LogP contribution < -0.4 is 4.90 Å². The van der Waals surface area contributed by atoms with Crippen LogP contribution in [0.1, 0.15) is 57.2 Å². The van der Waals surface area contributed by atoms with Gasteiger partial charge in [0.15, 0.2) is 0 Å². The second kappa shape index (κ2) is 6.71. The Morgan fingerprint density at radius 3 is 2.38 bits per heavy atom. The van der Waals surface area contributed by atoms with Crippen molar-refractivity contribution in [3.05, 3.63) is 65.0 Å². The zero-order chi connectivity index (χ0) is 19.1. The number of fused-ring (bicyclic) bond motifs is 1. The normalized spacial score (nSPS) is 16.2. The van der Waals surface area contributed by atoms with Crippen LogP contribution in [0, 0.1) is 5.82 Å². The van der Waals surface area contributed by atoms with Gasteiger partial charge >= 0.3 is 0 Å². The fraction of sp³-hybridized carbons (Fsp3) is 0.348. The molecule has 0 saturated heterocycles. The number of allylic oxidation sites excluding steroid dienone is 1. The van der Waals surface area contributed by atoms with Gasteiger partial charge in [-0.1, -0.05) is 32.1 Å². The number of anilines is 1. The lowest BCUT2D eigenvalue weighted by Gasteiger charge is -2.40. The average molecular weight is 350 g/mol. The van der Waals surface area contributed by atoms with Gasteiger partial charge in [-0.25, -0.2) is 4.39 Å². The Morgan fingerprint density at radius 1 is 1.12 bits per heavy atom. The van der Waals surface area contributed by atoms with Crippen LogP contribution in [-0.2, 0) is 0 Å². The maximum absolute atomic E-state index is 14.7. The molecule has 0 bridgehead atoms. The number of hydrogen-bond donors (Lipinski definition) is 0. The third-order valence-corrected chi connectivity index (χ3v) is 5.25. The maximum atomic E-state index is 14.7. The lowest BCUT2D eigenvalue weighted by molar-refractivity contribution is 0.589. The van der Waals surface area contributed by atoms with Crippen LogP contribution in [0.4, 0.5) is 15.8 Å². The lowest BCUT2D eigenvalue weighted by atomic mass is 9.88. The number of likely N-dealkylation sites (N-methyl/N-ethyl adjacent to an activating group) is 1. The first-order valence-electron chi connectivity index (χ1n) is 9.10. The van der Waals surface area contributed by atoms with E-state index in [9.17, 15) is 4.39 Å². The maximum Gasteiger partial charge on any atom is 0.134 e. The molecule has 1 heterocycles. The van der Waals surface area contributed by atoms with Gasteiger partial charge < -0.3 is 4.90 Å². The highest BCUT2D eigenvalue weighted by molar-refractivity contribution is 5.89. The molecule has 26 heavy (non-hydrogen) atoms. The van der Waals surface area contributed by atoms with Crippen molar-refractivity contribution in [1.29, 1.82) is 0 Å². The Balaban J connectivity index is 1.94. The summed E-state index contributed by atoms with van der Waals surface area (Å²) >= 11 is 0. The van der Waals surface area contributed by atoms with E-state index < -0.39 is 0 Å². The molecule has 0 fully saturated rings. The number of nitrogens with zero attached hydrogens (tertiary/aromatic N) is 2. The van der Waals surface area contributed by atoms with Gasteiger partial charge in [0.1, 0.15) is 5.82 Å². The van der Waals surface area contributed by atoms with Crippen molar-refractivity contribution in [2.24, 2.45) is 4.99 Å².